The van der Waals surface area contributed by atoms with E-state index in [2.05, 4.69) is 37.5 Å². The topological polar surface area (TPSA) is 134 Å². The molecule has 0 aromatic carbocycles. The Morgan fingerprint density at radius 2 is 1.44 bits per heavy atom. The van der Waals surface area contributed by atoms with Crippen molar-refractivity contribution in [2.24, 2.45) is 47.2 Å². The molecule has 48 heavy (non-hydrogen) atoms. The quantitative estimate of drug-likeness (QED) is 0.0507. The van der Waals surface area contributed by atoms with Crippen LogP contribution in [0.1, 0.15) is 130 Å². The van der Waals surface area contributed by atoms with Gasteiger partial charge in [0.05, 0.1) is 12.2 Å². The third kappa shape index (κ3) is 10.4. The number of ether oxygens (including phenoxy) is 1. The molecule has 8 heteroatoms. The maximum Gasteiger partial charge on any atom is 0.303 e. The summed E-state index contributed by atoms with van der Waals surface area (Å²) in [4.78, 5) is 26.4. The number of allylic oxidation sites excluding steroid dienone is 2. The summed E-state index contributed by atoms with van der Waals surface area (Å²) in [7, 11) is 0. The molecule has 4 aliphatic rings. The maximum atomic E-state index is 14.0. The van der Waals surface area contributed by atoms with Gasteiger partial charge in [0, 0.05) is 19.0 Å². The van der Waals surface area contributed by atoms with Gasteiger partial charge in [-0.3, -0.25) is 9.59 Å². The van der Waals surface area contributed by atoms with Crippen LogP contribution in [-0.2, 0) is 14.3 Å². The lowest BCUT2D eigenvalue weighted by Gasteiger charge is -2.55. The fourth-order valence-corrected chi connectivity index (χ4v) is 10.2. The molecule has 0 spiro atoms. The van der Waals surface area contributed by atoms with Gasteiger partial charge in [0.25, 0.3) is 0 Å². The second kappa shape index (κ2) is 19.6. The highest BCUT2D eigenvalue weighted by molar-refractivity contribution is 5.94. The van der Waals surface area contributed by atoms with Crippen molar-refractivity contribution in [3.63, 3.8) is 0 Å². The Kier molecular flexibility index (Phi) is 15.9. The first-order valence-corrected chi connectivity index (χ1v) is 19.7. The summed E-state index contributed by atoms with van der Waals surface area (Å²) >= 11 is 0. The highest BCUT2D eigenvalue weighted by Gasteiger charge is 2.57. The predicted octanol–water partition coefficient (Wildman–Crippen LogP) is 6.20. The molecule has 6 N–H and O–H groups in total. The second-order valence-corrected chi connectivity index (χ2v) is 15.9. The van der Waals surface area contributed by atoms with Crippen LogP contribution in [0.5, 0.6) is 0 Å². The van der Waals surface area contributed by atoms with Crippen LogP contribution in [0.4, 0.5) is 0 Å². The van der Waals surface area contributed by atoms with E-state index in [4.69, 9.17) is 10.5 Å². The van der Waals surface area contributed by atoms with E-state index in [0.717, 1.165) is 101 Å². The average Bonchev–Trinajstić information content (AvgIpc) is 3.39. The van der Waals surface area contributed by atoms with Crippen LogP contribution < -0.4 is 16.4 Å². The van der Waals surface area contributed by atoms with Crippen molar-refractivity contribution in [2.75, 3.05) is 26.2 Å². The number of hydrogen-bond acceptors (Lipinski definition) is 7. The Morgan fingerprint density at radius 3 is 2.10 bits per heavy atom. The van der Waals surface area contributed by atoms with Crippen molar-refractivity contribution in [3.8, 4) is 0 Å². The van der Waals surface area contributed by atoms with Crippen molar-refractivity contribution >= 4 is 11.9 Å². The zero-order valence-corrected chi connectivity index (χ0v) is 30.7. The first-order chi connectivity index (χ1) is 23.1. The molecule has 4 fully saturated rings. The number of esters is 1. The Labute approximate surface area is 291 Å². The van der Waals surface area contributed by atoms with E-state index >= 15 is 0 Å². The van der Waals surface area contributed by atoms with Crippen molar-refractivity contribution in [1.82, 2.24) is 10.6 Å². The molecule has 0 aliphatic heterocycles. The van der Waals surface area contributed by atoms with Crippen LogP contribution in [0, 0.1) is 41.4 Å². The second-order valence-electron chi connectivity index (χ2n) is 15.9. The minimum atomic E-state index is -0.440. The van der Waals surface area contributed by atoms with Gasteiger partial charge in [-0.15, -0.1) is 0 Å². The highest BCUT2D eigenvalue weighted by atomic mass is 16.5. The van der Waals surface area contributed by atoms with Gasteiger partial charge in [-0.25, -0.2) is 0 Å². The van der Waals surface area contributed by atoms with Gasteiger partial charge in [0.2, 0.25) is 5.91 Å². The Bertz CT molecular complexity index is 1090. The first-order valence-electron chi connectivity index (χ1n) is 19.7. The van der Waals surface area contributed by atoms with Gasteiger partial charge in [-0.1, -0.05) is 44.3 Å². The maximum absolute atomic E-state index is 14.0. The van der Waals surface area contributed by atoms with E-state index in [1.807, 2.05) is 0 Å². The zero-order valence-electron chi connectivity index (χ0n) is 30.7. The van der Waals surface area contributed by atoms with Gasteiger partial charge in [0.15, 0.2) is 0 Å². The number of fused-ring (bicyclic) bond motifs is 5. The molecular formula is C40H69N3O5. The van der Waals surface area contributed by atoms with Crippen LogP contribution >= 0.6 is 0 Å². The highest BCUT2D eigenvalue weighted by Crippen LogP contribution is 2.60. The molecule has 7 unspecified atom stereocenters. The molecule has 4 saturated carbocycles. The third-order valence-electron chi connectivity index (χ3n) is 12.4. The normalized spacial score (nSPS) is 33.6. The van der Waals surface area contributed by atoms with Crippen LogP contribution in [0.15, 0.2) is 22.8 Å². The Balaban J connectivity index is 1.41. The van der Waals surface area contributed by atoms with Crippen molar-refractivity contribution in [1.29, 1.82) is 0 Å². The van der Waals surface area contributed by atoms with E-state index in [9.17, 15) is 19.8 Å². The van der Waals surface area contributed by atoms with Gasteiger partial charge >= 0.3 is 5.97 Å². The van der Waals surface area contributed by atoms with E-state index in [-0.39, 0.29) is 35.7 Å². The average molecular weight is 672 g/mol. The lowest BCUT2D eigenvalue weighted by molar-refractivity contribution is -0.145. The molecule has 1 amide bonds. The summed E-state index contributed by atoms with van der Waals surface area (Å²) in [6, 6.07) is 0. The molecule has 0 aromatic heterocycles. The number of hydrogen-bond donors (Lipinski definition) is 5. The predicted molar refractivity (Wildman–Crippen MR) is 193 cm³/mol. The molecule has 0 bridgehead atoms. The largest absolute Gasteiger partial charge is 0.458 e. The number of carbonyl (C=O) groups is 2. The summed E-state index contributed by atoms with van der Waals surface area (Å²) in [5.41, 5.74) is 8.55. The lowest BCUT2D eigenvalue weighted by Crippen LogP contribution is -2.53. The van der Waals surface area contributed by atoms with E-state index in [0.29, 0.717) is 43.1 Å². The first kappa shape index (κ1) is 39.1. The number of aliphatic hydroxyl groups excluding tert-OH is 2. The summed E-state index contributed by atoms with van der Waals surface area (Å²) in [5.74, 6) is 1.74. The molecule has 0 heterocycles. The van der Waals surface area contributed by atoms with Gasteiger partial charge < -0.3 is 31.3 Å². The molecule has 8 nitrogen and oxygen atoms in total. The number of unbranched alkanes of at least 4 members (excludes halogenated alkanes) is 6. The van der Waals surface area contributed by atoms with Crippen LogP contribution in [0.25, 0.3) is 0 Å². The Morgan fingerprint density at radius 1 is 0.812 bits per heavy atom. The summed E-state index contributed by atoms with van der Waals surface area (Å²) in [6.45, 7) is 11.4. The summed E-state index contributed by atoms with van der Waals surface area (Å²) in [6.07, 6.45) is 16.8. The fourth-order valence-electron chi connectivity index (χ4n) is 10.2. The van der Waals surface area contributed by atoms with E-state index in [1.54, 1.807) is 0 Å². The zero-order chi connectivity index (χ0) is 34.6. The minimum Gasteiger partial charge on any atom is -0.458 e. The van der Waals surface area contributed by atoms with E-state index < -0.39 is 12.2 Å². The summed E-state index contributed by atoms with van der Waals surface area (Å²) < 4.78 is 6.03. The number of nitrogens with two attached hydrogens (primary N) is 1. The Hall–Kier alpha value is -1.74. The van der Waals surface area contributed by atoms with Crippen molar-refractivity contribution in [3.05, 3.63) is 22.8 Å². The molecule has 274 valence electrons. The monoisotopic (exact) mass is 672 g/mol. The minimum absolute atomic E-state index is 0.0309. The van der Waals surface area contributed by atoms with Gasteiger partial charge in [-0.05, 0) is 158 Å². The molecule has 4 rings (SSSR count). The van der Waals surface area contributed by atoms with Gasteiger partial charge in [-0.2, -0.15) is 0 Å². The van der Waals surface area contributed by atoms with Crippen molar-refractivity contribution < 1.29 is 24.5 Å². The molecule has 4 aliphatic carbocycles. The third-order valence-corrected chi connectivity index (χ3v) is 12.4. The van der Waals surface area contributed by atoms with Crippen LogP contribution in [0.2, 0.25) is 0 Å². The lowest BCUT2D eigenvalue weighted by atomic mass is 9.51. The standard InChI is InChI=1S/C40H69N3O5/c1-26(2)14-13-15-32(40(47)43-23-12-8-7-11-22-42-21-10-6-5-9-20-41)39-34-24-36(46)38-30-18-19-35(45)27(3)29(30)16-17-31(38)33(34)25-37(39)48-28(4)44/h14,27,29-31,33-38,42,45-46H,5-13,15-25,41H2,1-4H3,(H,43,47)/b39-32-/t27-,29?,30?,31?,33?,34?,35+,36+,37?,38?/m0/s1. The number of aliphatic hydroxyl groups is 2. The van der Waals surface area contributed by atoms with Gasteiger partial charge in [0.1, 0.15) is 6.10 Å². The van der Waals surface area contributed by atoms with Crippen LogP contribution in [-0.4, -0.2) is 66.6 Å². The number of carbonyl (C=O) groups excluding carboxylic acids is 2. The molecular weight excluding hydrogens is 602 g/mol. The van der Waals surface area contributed by atoms with Crippen molar-refractivity contribution in [2.45, 2.75) is 149 Å². The molecule has 0 aromatic rings. The van der Waals surface area contributed by atoms with E-state index in [1.165, 1.54) is 31.8 Å². The molecule has 0 saturated heterocycles. The number of amides is 1. The molecule has 10 atom stereocenters. The van der Waals surface area contributed by atoms with Crippen LogP contribution in [0.3, 0.4) is 0 Å². The summed E-state index contributed by atoms with van der Waals surface area (Å²) in [5, 5.41) is 29.2. The number of nitrogens with one attached hydrogen (secondary N) is 2. The fraction of sp³-hybridized carbons (Fsp3) is 0.850. The SMILES string of the molecule is CC(=O)OC1CC2C(C[C@@H](O)C3C2CCC2C3CC[C@@H](O)[C@H]2C)/C1=C(\CCC=C(C)C)C(=O)NCCCCCCNCCCCCCN. The number of rotatable bonds is 18. The smallest absolute Gasteiger partial charge is 0.303 e. The molecule has 0 radical (unpaired) electrons.